The van der Waals surface area contributed by atoms with Crippen molar-refractivity contribution < 1.29 is 14.3 Å². The summed E-state index contributed by atoms with van der Waals surface area (Å²) >= 11 is 0. The predicted molar refractivity (Wildman–Crippen MR) is 111 cm³/mol. The molecule has 4 rings (SSSR count). The lowest BCUT2D eigenvalue weighted by atomic mass is 9.89. The van der Waals surface area contributed by atoms with Crippen LogP contribution in [0, 0.1) is 19.8 Å². The summed E-state index contributed by atoms with van der Waals surface area (Å²) in [6.07, 6.45) is 3.46. The molecule has 150 valence electrons. The van der Waals surface area contributed by atoms with Crippen LogP contribution in [0.25, 0.3) is 5.65 Å². The molecule has 1 fully saturated rings. The average Bonchev–Trinajstić information content (AvgIpc) is 3.07. The van der Waals surface area contributed by atoms with Crippen LogP contribution < -0.4 is 4.74 Å². The van der Waals surface area contributed by atoms with E-state index in [1.54, 1.807) is 24.1 Å². The number of aromatic nitrogens is 2. The van der Waals surface area contributed by atoms with Crippen LogP contribution in [0.5, 0.6) is 5.75 Å². The van der Waals surface area contributed by atoms with Crippen molar-refractivity contribution in [3.05, 3.63) is 65.1 Å². The number of hydrogen-bond donors (Lipinski definition) is 0. The maximum atomic E-state index is 13.3. The number of rotatable bonds is 4. The fraction of sp³-hybridized carbons (Fsp3) is 0.348. The van der Waals surface area contributed by atoms with E-state index < -0.39 is 0 Å². The molecule has 0 saturated carbocycles. The molecule has 6 heteroatoms. The van der Waals surface area contributed by atoms with Crippen molar-refractivity contribution >= 4 is 17.3 Å². The molecule has 1 saturated heterocycles. The molecule has 3 heterocycles. The lowest BCUT2D eigenvalue weighted by molar-refractivity contribution is 0.0630. The lowest BCUT2D eigenvalue weighted by Gasteiger charge is -2.32. The van der Waals surface area contributed by atoms with Gasteiger partial charge in [0.05, 0.1) is 18.4 Å². The second-order valence-electron chi connectivity index (χ2n) is 7.63. The van der Waals surface area contributed by atoms with Crippen molar-refractivity contribution in [3.8, 4) is 5.75 Å². The Hall–Kier alpha value is -3.15. The summed E-state index contributed by atoms with van der Waals surface area (Å²) in [5.41, 5.74) is 3.73. The number of benzene rings is 1. The van der Waals surface area contributed by atoms with Crippen molar-refractivity contribution in [2.24, 2.45) is 5.92 Å². The van der Waals surface area contributed by atoms with Gasteiger partial charge in [-0.15, -0.1) is 0 Å². The molecule has 29 heavy (non-hydrogen) atoms. The van der Waals surface area contributed by atoms with E-state index >= 15 is 0 Å². The molecule has 1 atom stereocenters. The second-order valence-corrected chi connectivity index (χ2v) is 7.63. The summed E-state index contributed by atoms with van der Waals surface area (Å²) in [5, 5.41) is 0. The van der Waals surface area contributed by atoms with Gasteiger partial charge in [0, 0.05) is 25.2 Å². The predicted octanol–water partition coefficient (Wildman–Crippen LogP) is 3.69. The number of carbonyl (C=O) groups excluding carboxylic acids is 2. The minimum Gasteiger partial charge on any atom is -0.496 e. The summed E-state index contributed by atoms with van der Waals surface area (Å²) < 4.78 is 7.19. The molecule has 0 bridgehead atoms. The monoisotopic (exact) mass is 391 g/mol. The molecule has 2 aromatic heterocycles. The molecular weight excluding hydrogens is 366 g/mol. The van der Waals surface area contributed by atoms with Crippen LogP contribution in [-0.4, -0.2) is 46.2 Å². The standard InChI is InChI=1S/C23H25N3O3/c1-15-10-12-26-20(13-15)24-16(2)21(26)23(28)25-11-6-7-17(14-25)22(27)18-8-4-5-9-19(18)29-3/h4-5,8-10,12-13,17H,6-7,11,14H2,1-3H3/t17-/m0/s1. The molecule has 0 N–H and O–H groups in total. The van der Waals surface area contributed by atoms with Crippen molar-refractivity contribution in [1.29, 1.82) is 0 Å². The fourth-order valence-electron chi connectivity index (χ4n) is 4.12. The number of fused-ring (bicyclic) bond motifs is 1. The molecule has 1 aliphatic rings. The number of likely N-dealkylation sites (tertiary alicyclic amines) is 1. The van der Waals surface area contributed by atoms with Gasteiger partial charge in [-0.05, 0) is 56.5 Å². The Labute approximate surface area is 170 Å². The highest BCUT2D eigenvalue weighted by molar-refractivity contribution is 6.01. The van der Waals surface area contributed by atoms with Crippen LogP contribution in [0.1, 0.15) is 44.9 Å². The number of aryl methyl sites for hydroxylation is 2. The summed E-state index contributed by atoms with van der Waals surface area (Å²) in [6.45, 7) is 4.92. The lowest BCUT2D eigenvalue weighted by Crippen LogP contribution is -2.43. The van der Waals surface area contributed by atoms with Crippen LogP contribution in [0.2, 0.25) is 0 Å². The first-order valence-corrected chi connectivity index (χ1v) is 9.91. The zero-order valence-corrected chi connectivity index (χ0v) is 17.0. The number of para-hydroxylation sites is 1. The number of Topliss-reactive ketones (excluding diaryl/α,β-unsaturated/α-hetero) is 1. The number of hydrogen-bond acceptors (Lipinski definition) is 4. The topological polar surface area (TPSA) is 63.9 Å². The Morgan fingerprint density at radius 2 is 1.97 bits per heavy atom. The number of amides is 1. The van der Waals surface area contributed by atoms with Crippen molar-refractivity contribution in [1.82, 2.24) is 14.3 Å². The van der Waals surface area contributed by atoms with E-state index in [4.69, 9.17) is 4.74 Å². The Bertz CT molecular complexity index is 1090. The SMILES string of the molecule is COc1ccccc1C(=O)[C@H]1CCCN(C(=O)c2c(C)nc3cc(C)ccn23)C1. The molecule has 0 unspecified atom stereocenters. The molecule has 0 radical (unpaired) electrons. The van der Waals surface area contributed by atoms with Crippen LogP contribution >= 0.6 is 0 Å². The van der Waals surface area contributed by atoms with Gasteiger partial charge in [0.1, 0.15) is 17.1 Å². The number of ketones is 1. The third-order valence-corrected chi connectivity index (χ3v) is 5.61. The van der Waals surface area contributed by atoms with Gasteiger partial charge < -0.3 is 9.64 Å². The van der Waals surface area contributed by atoms with E-state index in [-0.39, 0.29) is 17.6 Å². The second kappa shape index (κ2) is 7.70. The van der Waals surface area contributed by atoms with E-state index in [2.05, 4.69) is 4.98 Å². The van der Waals surface area contributed by atoms with Crippen molar-refractivity contribution in [2.75, 3.05) is 20.2 Å². The Kier molecular flexibility index (Phi) is 5.09. The third-order valence-electron chi connectivity index (χ3n) is 5.61. The first-order valence-electron chi connectivity index (χ1n) is 9.91. The minimum atomic E-state index is -0.231. The summed E-state index contributed by atoms with van der Waals surface area (Å²) in [5.74, 6) is 0.307. The quantitative estimate of drug-likeness (QED) is 0.636. The molecule has 1 aromatic carbocycles. The van der Waals surface area contributed by atoms with E-state index in [9.17, 15) is 9.59 Å². The van der Waals surface area contributed by atoms with Crippen LogP contribution in [0.4, 0.5) is 0 Å². The van der Waals surface area contributed by atoms with E-state index in [1.165, 1.54) is 0 Å². The van der Waals surface area contributed by atoms with Gasteiger partial charge in [0.15, 0.2) is 5.78 Å². The van der Waals surface area contributed by atoms with Crippen LogP contribution in [0.15, 0.2) is 42.6 Å². The molecule has 1 amide bonds. The molecule has 1 aliphatic heterocycles. The minimum absolute atomic E-state index is 0.0328. The van der Waals surface area contributed by atoms with Crippen molar-refractivity contribution in [2.45, 2.75) is 26.7 Å². The number of methoxy groups -OCH3 is 1. The number of ether oxygens (including phenoxy) is 1. The Morgan fingerprint density at radius 1 is 1.17 bits per heavy atom. The highest BCUT2D eigenvalue weighted by Gasteiger charge is 2.32. The van der Waals surface area contributed by atoms with Crippen LogP contribution in [0.3, 0.4) is 0 Å². The van der Waals surface area contributed by atoms with E-state index in [0.717, 1.165) is 24.1 Å². The van der Waals surface area contributed by atoms with Gasteiger partial charge in [-0.3, -0.25) is 14.0 Å². The number of carbonyl (C=O) groups is 2. The largest absolute Gasteiger partial charge is 0.496 e. The first-order chi connectivity index (χ1) is 14.0. The van der Waals surface area contributed by atoms with Gasteiger partial charge in [-0.2, -0.15) is 0 Å². The smallest absolute Gasteiger partial charge is 0.272 e. The first kappa shape index (κ1) is 19.2. The Balaban J connectivity index is 1.60. The summed E-state index contributed by atoms with van der Waals surface area (Å²) in [7, 11) is 1.57. The van der Waals surface area contributed by atoms with Gasteiger partial charge in [0.25, 0.3) is 5.91 Å². The Morgan fingerprint density at radius 3 is 2.76 bits per heavy atom. The van der Waals surface area contributed by atoms with Gasteiger partial charge in [-0.25, -0.2) is 4.98 Å². The fourth-order valence-corrected chi connectivity index (χ4v) is 4.12. The maximum absolute atomic E-state index is 13.3. The zero-order valence-electron chi connectivity index (χ0n) is 17.0. The maximum Gasteiger partial charge on any atom is 0.272 e. The zero-order chi connectivity index (χ0) is 20.5. The number of piperidine rings is 1. The van der Waals surface area contributed by atoms with Gasteiger partial charge >= 0.3 is 0 Å². The summed E-state index contributed by atoms with van der Waals surface area (Å²) in [4.78, 5) is 32.8. The normalized spacial score (nSPS) is 16.8. The molecule has 3 aromatic rings. The highest BCUT2D eigenvalue weighted by atomic mass is 16.5. The number of pyridine rings is 1. The summed E-state index contributed by atoms with van der Waals surface area (Å²) in [6, 6.07) is 11.2. The van der Waals surface area contributed by atoms with E-state index in [1.807, 2.05) is 48.7 Å². The number of nitrogens with zero attached hydrogens (tertiary/aromatic N) is 3. The molecule has 6 nitrogen and oxygen atoms in total. The third kappa shape index (κ3) is 3.50. The highest BCUT2D eigenvalue weighted by Crippen LogP contribution is 2.27. The molecule has 0 spiro atoms. The number of imidazole rings is 1. The molecular formula is C23H25N3O3. The van der Waals surface area contributed by atoms with Crippen molar-refractivity contribution in [3.63, 3.8) is 0 Å². The average molecular weight is 391 g/mol. The van der Waals surface area contributed by atoms with Gasteiger partial charge in [-0.1, -0.05) is 12.1 Å². The molecule has 0 aliphatic carbocycles. The van der Waals surface area contributed by atoms with Crippen LogP contribution in [-0.2, 0) is 0 Å². The van der Waals surface area contributed by atoms with Gasteiger partial charge in [0.2, 0.25) is 0 Å². The van der Waals surface area contributed by atoms with E-state index in [0.29, 0.717) is 35.8 Å².